The third-order valence-electron chi connectivity index (χ3n) is 4.92. The van der Waals surface area contributed by atoms with Crippen molar-refractivity contribution in [2.75, 3.05) is 6.61 Å². The Balaban J connectivity index is 2.43. The molecule has 3 N–H and O–H groups in total. The van der Waals surface area contributed by atoms with Crippen molar-refractivity contribution in [1.82, 2.24) is 5.32 Å². The second kappa shape index (κ2) is 10.6. The fourth-order valence-corrected chi connectivity index (χ4v) is 2.87. The SMILES string of the molecule is O=C(NC(Cc1ccc([N+](=O)[O-])cc1)(C(=O)O)C(=O)O)c1ccc([N+](=O)[O-])c(OCC(F)(F)C(F)(F)F)c1. The van der Waals surface area contributed by atoms with E-state index in [4.69, 9.17) is 0 Å². The maximum absolute atomic E-state index is 13.2. The average Bonchev–Trinajstić information content (AvgIpc) is 2.81. The van der Waals surface area contributed by atoms with Crippen molar-refractivity contribution in [1.29, 1.82) is 0 Å². The number of amides is 1. The molecule has 0 aliphatic heterocycles. The van der Waals surface area contributed by atoms with Crippen LogP contribution >= 0.6 is 0 Å². The van der Waals surface area contributed by atoms with Crippen LogP contribution in [0.15, 0.2) is 42.5 Å². The summed E-state index contributed by atoms with van der Waals surface area (Å²) < 4.78 is 67.9. The lowest BCUT2D eigenvalue weighted by atomic mass is 9.90. The number of nitro benzene ring substituents is 2. The Morgan fingerprint density at radius 2 is 1.45 bits per heavy atom. The van der Waals surface area contributed by atoms with Crippen LogP contribution in [0.1, 0.15) is 15.9 Å². The minimum Gasteiger partial charge on any atom is -0.480 e. The minimum absolute atomic E-state index is 0.0946. The smallest absolute Gasteiger partial charge is 0.456 e. The molecule has 38 heavy (non-hydrogen) atoms. The number of carbonyl (C=O) groups is 3. The summed E-state index contributed by atoms with van der Waals surface area (Å²) in [5, 5.41) is 42.8. The van der Waals surface area contributed by atoms with E-state index in [0.717, 1.165) is 24.3 Å². The van der Waals surface area contributed by atoms with Crippen LogP contribution in [0.2, 0.25) is 0 Å². The molecule has 0 fully saturated rings. The summed E-state index contributed by atoms with van der Waals surface area (Å²) in [4.78, 5) is 56.4. The van der Waals surface area contributed by atoms with Crippen LogP contribution in [0.3, 0.4) is 0 Å². The van der Waals surface area contributed by atoms with Crippen LogP contribution in [0.25, 0.3) is 0 Å². The average molecular weight is 551 g/mol. The molecule has 204 valence electrons. The number of alkyl halides is 5. The topological polar surface area (TPSA) is 199 Å². The number of nitro groups is 2. The van der Waals surface area contributed by atoms with E-state index in [-0.39, 0.29) is 5.56 Å². The highest BCUT2D eigenvalue weighted by molar-refractivity contribution is 6.09. The first-order chi connectivity index (χ1) is 17.4. The summed E-state index contributed by atoms with van der Waals surface area (Å²) in [5.41, 5.74) is -5.55. The molecule has 0 aliphatic carbocycles. The summed E-state index contributed by atoms with van der Waals surface area (Å²) in [6, 6.07) is 5.37. The maximum atomic E-state index is 13.2. The number of carboxylic acid groups (broad SMARTS) is 2. The van der Waals surface area contributed by atoms with Gasteiger partial charge >= 0.3 is 29.7 Å². The molecule has 2 aromatic carbocycles. The molecule has 0 radical (unpaired) electrons. The molecule has 0 bridgehead atoms. The number of non-ortho nitro benzene ring substituents is 1. The number of hydrogen-bond acceptors (Lipinski definition) is 8. The van der Waals surface area contributed by atoms with Crippen LogP contribution in [-0.2, 0) is 16.0 Å². The second-order valence-electron chi connectivity index (χ2n) is 7.50. The molecule has 0 spiro atoms. The highest BCUT2D eigenvalue weighted by Crippen LogP contribution is 2.37. The van der Waals surface area contributed by atoms with Gasteiger partial charge in [0.15, 0.2) is 12.4 Å². The molecule has 13 nitrogen and oxygen atoms in total. The molecule has 0 aliphatic rings. The first-order valence-electron chi connectivity index (χ1n) is 9.79. The van der Waals surface area contributed by atoms with Crippen molar-refractivity contribution >= 4 is 29.2 Å². The Labute approximate surface area is 206 Å². The first-order valence-corrected chi connectivity index (χ1v) is 9.79. The number of ether oxygens (including phenoxy) is 1. The van der Waals surface area contributed by atoms with E-state index < -0.39 is 81.0 Å². The number of nitrogens with zero attached hydrogens (tertiary/aromatic N) is 2. The Bertz CT molecular complexity index is 1270. The molecule has 1 amide bonds. The monoisotopic (exact) mass is 551 g/mol. The first kappa shape index (κ1) is 29.3. The molecule has 0 atom stereocenters. The fourth-order valence-electron chi connectivity index (χ4n) is 2.87. The largest absolute Gasteiger partial charge is 0.480 e. The molecule has 2 rings (SSSR count). The normalized spacial score (nSPS) is 11.9. The van der Waals surface area contributed by atoms with Crippen molar-refractivity contribution < 1.29 is 61.1 Å². The van der Waals surface area contributed by atoms with Gasteiger partial charge in [0.05, 0.1) is 9.85 Å². The lowest BCUT2D eigenvalue weighted by molar-refractivity contribution is -0.386. The van der Waals surface area contributed by atoms with Gasteiger partial charge in [0.2, 0.25) is 5.54 Å². The Morgan fingerprint density at radius 3 is 1.89 bits per heavy atom. The Kier molecular flexibility index (Phi) is 8.19. The number of carbonyl (C=O) groups excluding carboxylic acids is 1. The lowest BCUT2D eigenvalue weighted by Crippen LogP contribution is -2.61. The quantitative estimate of drug-likeness (QED) is 0.161. The molecule has 0 unspecified atom stereocenters. The van der Waals surface area contributed by atoms with Gasteiger partial charge in [0, 0.05) is 36.2 Å². The van der Waals surface area contributed by atoms with E-state index in [2.05, 4.69) is 4.74 Å². The van der Waals surface area contributed by atoms with E-state index in [9.17, 15) is 66.8 Å². The lowest BCUT2D eigenvalue weighted by Gasteiger charge is -2.26. The molecule has 0 aromatic heterocycles. The zero-order chi connectivity index (χ0) is 29.1. The zero-order valence-corrected chi connectivity index (χ0v) is 18.4. The molecule has 18 heteroatoms. The summed E-state index contributed by atoms with van der Waals surface area (Å²) in [7, 11) is 0. The number of benzene rings is 2. The highest BCUT2D eigenvalue weighted by Gasteiger charge is 2.58. The number of hydrogen-bond donors (Lipinski definition) is 3. The van der Waals surface area contributed by atoms with Gasteiger partial charge in [0.25, 0.3) is 11.6 Å². The number of nitrogens with one attached hydrogen (secondary N) is 1. The van der Waals surface area contributed by atoms with Gasteiger partial charge in [-0.05, 0) is 11.6 Å². The van der Waals surface area contributed by atoms with Crippen molar-refractivity contribution in [2.24, 2.45) is 0 Å². The zero-order valence-electron chi connectivity index (χ0n) is 18.4. The van der Waals surface area contributed by atoms with Gasteiger partial charge in [-0.15, -0.1) is 0 Å². The molecule has 0 saturated heterocycles. The van der Waals surface area contributed by atoms with Crippen LogP contribution in [-0.4, -0.2) is 62.2 Å². The van der Waals surface area contributed by atoms with Crippen molar-refractivity contribution in [3.05, 3.63) is 73.8 Å². The molecule has 0 saturated carbocycles. The van der Waals surface area contributed by atoms with E-state index >= 15 is 0 Å². The summed E-state index contributed by atoms with van der Waals surface area (Å²) >= 11 is 0. The van der Waals surface area contributed by atoms with Gasteiger partial charge in [-0.2, -0.15) is 22.0 Å². The number of aliphatic carboxylic acids is 2. The predicted octanol–water partition coefficient (Wildman–Crippen LogP) is 2.96. The van der Waals surface area contributed by atoms with Crippen LogP contribution in [0.4, 0.5) is 33.3 Å². The van der Waals surface area contributed by atoms with E-state index in [1.165, 1.54) is 0 Å². The number of rotatable bonds is 11. The second-order valence-corrected chi connectivity index (χ2v) is 7.50. The molecule has 0 heterocycles. The molecular weight excluding hydrogens is 537 g/mol. The third kappa shape index (κ3) is 6.26. The summed E-state index contributed by atoms with van der Waals surface area (Å²) in [6.45, 7) is -2.41. The van der Waals surface area contributed by atoms with Gasteiger partial charge in [-0.1, -0.05) is 12.1 Å². The maximum Gasteiger partial charge on any atom is 0.456 e. The Hall–Kier alpha value is -4.90. The predicted molar refractivity (Wildman–Crippen MR) is 112 cm³/mol. The van der Waals surface area contributed by atoms with Crippen molar-refractivity contribution in [3.8, 4) is 5.75 Å². The van der Waals surface area contributed by atoms with E-state index in [1.807, 2.05) is 0 Å². The van der Waals surface area contributed by atoms with Gasteiger partial charge in [-0.25, -0.2) is 9.59 Å². The standard InChI is InChI=1S/C20H14F5N3O10/c21-19(22,20(23,24)25)9-38-14-7-11(3-6-13(14)28(36)37)15(29)26-18(16(30)31,17(32)33)8-10-1-4-12(5-2-10)27(34)35/h1-7H,8-9H2,(H,26,29)(H,30,31)(H,32,33). The van der Waals surface area contributed by atoms with Gasteiger partial charge in [-0.3, -0.25) is 25.0 Å². The van der Waals surface area contributed by atoms with Gasteiger partial charge in [0.1, 0.15) is 0 Å². The van der Waals surface area contributed by atoms with Crippen LogP contribution < -0.4 is 10.1 Å². The van der Waals surface area contributed by atoms with Crippen molar-refractivity contribution in [2.45, 2.75) is 24.1 Å². The van der Waals surface area contributed by atoms with E-state index in [0.29, 0.717) is 18.2 Å². The fraction of sp³-hybridized carbons (Fsp3) is 0.250. The van der Waals surface area contributed by atoms with Crippen molar-refractivity contribution in [3.63, 3.8) is 0 Å². The number of carboxylic acids is 2. The van der Waals surface area contributed by atoms with E-state index in [1.54, 1.807) is 5.32 Å². The van der Waals surface area contributed by atoms with Crippen LogP contribution in [0, 0.1) is 20.2 Å². The molecular formula is C20H14F5N3O10. The summed E-state index contributed by atoms with van der Waals surface area (Å²) in [6.07, 6.45) is -7.03. The Morgan fingerprint density at radius 1 is 0.895 bits per heavy atom. The third-order valence-corrected chi connectivity index (χ3v) is 4.92. The molecule has 2 aromatic rings. The summed E-state index contributed by atoms with van der Waals surface area (Å²) in [5.74, 6) is -12.4. The highest BCUT2D eigenvalue weighted by atomic mass is 19.4. The van der Waals surface area contributed by atoms with Crippen LogP contribution in [0.5, 0.6) is 5.75 Å². The van der Waals surface area contributed by atoms with Gasteiger partial charge < -0.3 is 20.3 Å². The minimum atomic E-state index is -6.07. The number of halogens is 5.